The van der Waals surface area contributed by atoms with Crippen molar-refractivity contribution in [1.82, 2.24) is 15.2 Å². The maximum atomic E-state index is 5.76. The van der Waals surface area contributed by atoms with Crippen molar-refractivity contribution in [2.75, 3.05) is 36.0 Å². The number of anilines is 2. The van der Waals surface area contributed by atoms with Gasteiger partial charge in [-0.25, -0.2) is 4.98 Å². The van der Waals surface area contributed by atoms with Gasteiger partial charge in [-0.3, -0.25) is 0 Å². The molecular formula is C14H16ClN5. The van der Waals surface area contributed by atoms with Crippen molar-refractivity contribution in [2.45, 2.75) is 6.92 Å². The molecule has 1 fully saturated rings. The molecule has 20 heavy (non-hydrogen) atoms. The quantitative estimate of drug-likeness (QED) is 0.848. The molecule has 0 amide bonds. The molecule has 0 unspecified atom stereocenters. The van der Waals surface area contributed by atoms with Crippen LogP contribution in [-0.2, 0) is 0 Å². The van der Waals surface area contributed by atoms with Crippen LogP contribution in [0.3, 0.4) is 0 Å². The molecule has 3 heterocycles. The fourth-order valence-corrected chi connectivity index (χ4v) is 2.39. The second-order valence-electron chi connectivity index (χ2n) is 4.88. The van der Waals surface area contributed by atoms with Crippen LogP contribution in [0.5, 0.6) is 0 Å². The van der Waals surface area contributed by atoms with Crippen LogP contribution in [0, 0.1) is 6.92 Å². The summed E-state index contributed by atoms with van der Waals surface area (Å²) in [7, 11) is 0. The highest BCUT2D eigenvalue weighted by molar-refractivity contribution is 6.29. The summed E-state index contributed by atoms with van der Waals surface area (Å²) >= 11 is 5.76. The first-order valence-electron chi connectivity index (χ1n) is 6.64. The van der Waals surface area contributed by atoms with Gasteiger partial charge >= 0.3 is 0 Å². The van der Waals surface area contributed by atoms with E-state index in [1.54, 1.807) is 6.07 Å². The molecule has 0 aliphatic carbocycles. The van der Waals surface area contributed by atoms with Gasteiger partial charge in [-0.2, -0.15) is 0 Å². The van der Waals surface area contributed by atoms with Crippen LogP contribution in [0.15, 0.2) is 30.5 Å². The highest BCUT2D eigenvalue weighted by Crippen LogP contribution is 2.18. The Labute approximate surface area is 123 Å². The average Bonchev–Trinajstić information content (AvgIpc) is 2.49. The van der Waals surface area contributed by atoms with E-state index in [0.29, 0.717) is 5.15 Å². The minimum absolute atomic E-state index is 0.427. The Kier molecular flexibility index (Phi) is 3.69. The molecule has 5 nitrogen and oxygen atoms in total. The SMILES string of the molecule is Cc1ccc(N2CCN(c3ccc(Cl)nn3)CC2)nc1. The first kappa shape index (κ1) is 13.1. The number of hydrogen-bond donors (Lipinski definition) is 0. The van der Waals surface area contributed by atoms with Gasteiger partial charge in [-0.1, -0.05) is 17.7 Å². The summed E-state index contributed by atoms with van der Waals surface area (Å²) in [5.41, 5.74) is 1.18. The second-order valence-corrected chi connectivity index (χ2v) is 5.27. The van der Waals surface area contributed by atoms with Crippen LogP contribution in [0.2, 0.25) is 5.15 Å². The van der Waals surface area contributed by atoms with Crippen LogP contribution >= 0.6 is 11.6 Å². The lowest BCUT2D eigenvalue weighted by atomic mass is 10.2. The molecule has 0 saturated carbocycles. The van der Waals surface area contributed by atoms with E-state index in [4.69, 9.17) is 11.6 Å². The maximum Gasteiger partial charge on any atom is 0.151 e. The Morgan fingerprint density at radius 1 is 0.900 bits per heavy atom. The third kappa shape index (κ3) is 2.82. The molecule has 1 aliphatic heterocycles. The van der Waals surface area contributed by atoms with Crippen molar-refractivity contribution < 1.29 is 0 Å². The van der Waals surface area contributed by atoms with Gasteiger partial charge < -0.3 is 9.80 Å². The summed E-state index contributed by atoms with van der Waals surface area (Å²) in [6.07, 6.45) is 1.91. The van der Waals surface area contributed by atoms with E-state index in [0.717, 1.165) is 37.8 Å². The zero-order valence-corrected chi connectivity index (χ0v) is 12.1. The summed E-state index contributed by atoms with van der Waals surface area (Å²) < 4.78 is 0. The number of nitrogens with zero attached hydrogens (tertiary/aromatic N) is 5. The summed E-state index contributed by atoms with van der Waals surface area (Å²) in [6.45, 7) is 5.73. The summed E-state index contributed by atoms with van der Waals surface area (Å²) in [6, 6.07) is 7.86. The lowest BCUT2D eigenvalue weighted by Gasteiger charge is -2.35. The van der Waals surface area contributed by atoms with Crippen molar-refractivity contribution in [3.63, 3.8) is 0 Å². The molecule has 2 aromatic heterocycles. The fourth-order valence-electron chi connectivity index (χ4n) is 2.29. The number of piperazine rings is 1. The van der Waals surface area contributed by atoms with Crippen LogP contribution in [0.4, 0.5) is 11.6 Å². The van der Waals surface area contributed by atoms with Crippen molar-refractivity contribution in [3.05, 3.63) is 41.2 Å². The number of aryl methyl sites for hydroxylation is 1. The molecule has 0 radical (unpaired) electrons. The zero-order chi connectivity index (χ0) is 13.9. The van der Waals surface area contributed by atoms with Gasteiger partial charge in [-0.15, -0.1) is 10.2 Å². The van der Waals surface area contributed by atoms with Crippen molar-refractivity contribution in [3.8, 4) is 0 Å². The predicted octanol–water partition coefficient (Wildman–Crippen LogP) is 2.16. The topological polar surface area (TPSA) is 45.2 Å². The van der Waals surface area contributed by atoms with Gasteiger partial charge in [0.1, 0.15) is 5.82 Å². The lowest BCUT2D eigenvalue weighted by molar-refractivity contribution is 0.638. The maximum absolute atomic E-state index is 5.76. The largest absolute Gasteiger partial charge is 0.353 e. The third-order valence-corrected chi connectivity index (χ3v) is 3.64. The fraction of sp³-hybridized carbons (Fsp3) is 0.357. The minimum atomic E-state index is 0.427. The van der Waals surface area contributed by atoms with Crippen LogP contribution in [-0.4, -0.2) is 41.4 Å². The number of rotatable bonds is 2. The van der Waals surface area contributed by atoms with Crippen LogP contribution < -0.4 is 9.80 Å². The highest BCUT2D eigenvalue weighted by Gasteiger charge is 2.19. The molecule has 0 spiro atoms. The summed E-state index contributed by atoms with van der Waals surface area (Å²) in [4.78, 5) is 8.98. The molecule has 0 atom stereocenters. The van der Waals surface area contributed by atoms with E-state index in [1.807, 2.05) is 19.2 Å². The zero-order valence-electron chi connectivity index (χ0n) is 11.3. The van der Waals surface area contributed by atoms with Crippen LogP contribution in [0.1, 0.15) is 5.56 Å². The first-order valence-corrected chi connectivity index (χ1v) is 7.02. The molecule has 3 rings (SSSR count). The molecule has 1 saturated heterocycles. The van der Waals surface area contributed by atoms with Gasteiger partial charge in [0.15, 0.2) is 11.0 Å². The molecule has 6 heteroatoms. The number of halogens is 1. The number of aromatic nitrogens is 3. The van der Waals surface area contributed by atoms with Gasteiger partial charge in [-0.05, 0) is 30.7 Å². The van der Waals surface area contributed by atoms with Gasteiger partial charge in [0.2, 0.25) is 0 Å². The summed E-state index contributed by atoms with van der Waals surface area (Å²) in [5, 5.41) is 8.44. The molecule has 0 N–H and O–H groups in total. The number of pyridine rings is 1. The van der Waals surface area contributed by atoms with E-state index in [-0.39, 0.29) is 0 Å². The van der Waals surface area contributed by atoms with Crippen molar-refractivity contribution >= 4 is 23.2 Å². The second kappa shape index (κ2) is 5.63. The normalized spacial score (nSPS) is 15.5. The van der Waals surface area contributed by atoms with Crippen LogP contribution in [0.25, 0.3) is 0 Å². The Bertz CT molecular complexity index is 508. The van der Waals surface area contributed by atoms with E-state index in [2.05, 4.69) is 37.1 Å². The van der Waals surface area contributed by atoms with E-state index >= 15 is 0 Å². The molecule has 1 aliphatic rings. The summed E-state index contributed by atoms with van der Waals surface area (Å²) in [5.74, 6) is 1.92. The Morgan fingerprint density at radius 2 is 1.55 bits per heavy atom. The molecule has 2 aromatic rings. The van der Waals surface area contributed by atoms with E-state index in [1.165, 1.54) is 5.56 Å². The minimum Gasteiger partial charge on any atom is -0.353 e. The Morgan fingerprint density at radius 3 is 2.10 bits per heavy atom. The van der Waals surface area contributed by atoms with Gasteiger partial charge in [0.25, 0.3) is 0 Å². The first-order chi connectivity index (χ1) is 9.72. The third-order valence-electron chi connectivity index (χ3n) is 3.44. The highest BCUT2D eigenvalue weighted by atomic mass is 35.5. The van der Waals surface area contributed by atoms with Gasteiger partial charge in [0, 0.05) is 32.4 Å². The standard InChI is InChI=1S/C14H16ClN5/c1-11-2-4-13(16-10-11)19-6-8-20(9-7-19)14-5-3-12(15)17-18-14/h2-5,10H,6-9H2,1H3. The molecule has 0 aromatic carbocycles. The Hall–Kier alpha value is -1.88. The predicted molar refractivity (Wildman–Crippen MR) is 80.4 cm³/mol. The molecule has 104 valence electrons. The molecular weight excluding hydrogens is 274 g/mol. The number of hydrogen-bond acceptors (Lipinski definition) is 5. The van der Waals surface area contributed by atoms with Gasteiger partial charge in [0.05, 0.1) is 0 Å². The monoisotopic (exact) mass is 289 g/mol. The van der Waals surface area contributed by atoms with E-state index < -0.39 is 0 Å². The average molecular weight is 290 g/mol. The van der Waals surface area contributed by atoms with Crippen molar-refractivity contribution in [2.24, 2.45) is 0 Å². The smallest absolute Gasteiger partial charge is 0.151 e. The molecule has 0 bridgehead atoms. The van der Waals surface area contributed by atoms with E-state index in [9.17, 15) is 0 Å². The lowest BCUT2D eigenvalue weighted by Crippen LogP contribution is -2.47. The Balaban J connectivity index is 1.64. The van der Waals surface area contributed by atoms with Crippen molar-refractivity contribution in [1.29, 1.82) is 0 Å².